The van der Waals surface area contributed by atoms with Crippen LogP contribution in [0.15, 0.2) is 49.1 Å². The van der Waals surface area contributed by atoms with Crippen molar-refractivity contribution in [3.05, 3.63) is 54.7 Å². The number of rotatable bonds is 3. The summed E-state index contributed by atoms with van der Waals surface area (Å²) in [5, 5.41) is 3.32. The number of halogens is 3. The topological polar surface area (TPSA) is 114 Å². The molecule has 0 aromatic carbocycles. The van der Waals surface area contributed by atoms with Crippen LogP contribution >= 0.6 is 0 Å². The van der Waals surface area contributed by atoms with Crippen molar-refractivity contribution in [2.45, 2.75) is 13.1 Å². The molecule has 2 N–H and O–H groups in total. The van der Waals surface area contributed by atoms with Gasteiger partial charge in [-0.3, -0.25) is 9.36 Å². The summed E-state index contributed by atoms with van der Waals surface area (Å²) in [6.45, 7) is 1.38. The number of nitrogens with zero attached hydrogens (tertiary/aromatic N) is 6. The molecule has 0 fully saturated rings. The number of amides is 1. The van der Waals surface area contributed by atoms with E-state index in [1.807, 2.05) is 0 Å². The van der Waals surface area contributed by atoms with Gasteiger partial charge in [-0.2, -0.15) is 13.2 Å². The van der Waals surface area contributed by atoms with E-state index in [2.05, 4.69) is 35.2 Å². The van der Waals surface area contributed by atoms with Gasteiger partial charge in [0.05, 0.1) is 11.8 Å². The van der Waals surface area contributed by atoms with E-state index in [0.717, 1.165) is 6.07 Å². The standard InChI is InChI=1S/C20H13F3N8O/c1-10(32)27-16-11-6-8-31(13(11)5-7-24-16)19-15-18(26-9-25-15)29-17(30-19)12-3-2-4-14(28-12)20(21,22)23/h2-9H,1H3,(H,24,27,32)(H,25,26,29,30). The van der Waals surface area contributed by atoms with E-state index >= 15 is 0 Å². The van der Waals surface area contributed by atoms with Crippen LogP contribution in [-0.2, 0) is 11.0 Å². The Morgan fingerprint density at radius 2 is 1.94 bits per heavy atom. The molecule has 0 bridgehead atoms. The normalized spacial score (nSPS) is 11.9. The van der Waals surface area contributed by atoms with Crippen LogP contribution in [0.2, 0.25) is 0 Å². The minimum absolute atomic E-state index is 0.000778. The van der Waals surface area contributed by atoms with Gasteiger partial charge in [0.15, 0.2) is 22.8 Å². The SMILES string of the molecule is CC(=O)Nc1nccc2c1ccn2-c1nc(-c2cccc(C(F)(F)F)n2)nc2[nH]cnc12. The summed E-state index contributed by atoms with van der Waals surface area (Å²) in [7, 11) is 0. The summed E-state index contributed by atoms with van der Waals surface area (Å²) in [5.74, 6) is 0.439. The van der Waals surface area contributed by atoms with Gasteiger partial charge in [0, 0.05) is 24.7 Å². The van der Waals surface area contributed by atoms with Crippen LogP contribution in [0.5, 0.6) is 0 Å². The molecule has 5 rings (SSSR count). The predicted molar refractivity (Wildman–Crippen MR) is 109 cm³/mol. The molecule has 0 spiro atoms. The van der Waals surface area contributed by atoms with Crippen molar-refractivity contribution in [2.75, 3.05) is 5.32 Å². The minimum atomic E-state index is -4.60. The second-order valence-electron chi connectivity index (χ2n) is 6.84. The Morgan fingerprint density at radius 1 is 1.09 bits per heavy atom. The minimum Gasteiger partial charge on any atom is -0.329 e. The number of anilines is 1. The molecular formula is C20H13F3N8O. The van der Waals surface area contributed by atoms with E-state index in [1.54, 1.807) is 22.9 Å². The first kappa shape index (κ1) is 19.6. The third kappa shape index (κ3) is 3.31. The Kier molecular flexibility index (Phi) is 4.36. The van der Waals surface area contributed by atoms with Crippen LogP contribution in [0.4, 0.5) is 19.0 Å². The Hall–Kier alpha value is -4.35. The molecule has 0 atom stereocenters. The first-order valence-corrected chi connectivity index (χ1v) is 9.31. The van der Waals surface area contributed by atoms with Crippen LogP contribution in [0, 0.1) is 0 Å². The molecule has 5 aromatic rings. The lowest BCUT2D eigenvalue weighted by molar-refractivity contribution is -0.141. The Bertz CT molecular complexity index is 1490. The van der Waals surface area contributed by atoms with E-state index in [9.17, 15) is 18.0 Å². The number of imidazole rings is 1. The third-order valence-corrected chi connectivity index (χ3v) is 4.67. The zero-order chi connectivity index (χ0) is 22.5. The number of carbonyl (C=O) groups excluding carboxylic acids is 1. The molecule has 32 heavy (non-hydrogen) atoms. The molecule has 0 aliphatic carbocycles. The monoisotopic (exact) mass is 438 g/mol. The zero-order valence-electron chi connectivity index (χ0n) is 16.3. The van der Waals surface area contributed by atoms with Crippen molar-refractivity contribution < 1.29 is 18.0 Å². The summed E-state index contributed by atoms with van der Waals surface area (Å²) in [6.07, 6.45) is 0.0582. The molecule has 0 aliphatic rings. The number of carbonyl (C=O) groups is 1. The fourth-order valence-electron chi connectivity index (χ4n) is 3.34. The Labute approximate surface area is 177 Å². The van der Waals surface area contributed by atoms with E-state index < -0.39 is 11.9 Å². The van der Waals surface area contributed by atoms with Crippen molar-refractivity contribution in [2.24, 2.45) is 0 Å². The van der Waals surface area contributed by atoms with Crippen molar-refractivity contribution >= 4 is 33.8 Å². The van der Waals surface area contributed by atoms with Crippen molar-refractivity contribution in [3.8, 4) is 17.3 Å². The third-order valence-electron chi connectivity index (χ3n) is 4.67. The van der Waals surface area contributed by atoms with Gasteiger partial charge in [-0.15, -0.1) is 0 Å². The second-order valence-corrected chi connectivity index (χ2v) is 6.84. The lowest BCUT2D eigenvalue weighted by Gasteiger charge is -2.10. The Morgan fingerprint density at radius 3 is 2.72 bits per heavy atom. The fourth-order valence-corrected chi connectivity index (χ4v) is 3.34. The van der Waals surface area contributed by atoms with Crippen LogP contribution in [0.3, 0.4) is 0 Å². The first-order valence-electron chi connectivity index (χ1n) is 9.31. The average molecular weight is 438 g/mol. The summed E-state index contributed by atoms with van der Waals surface area (Å²) in [5.41, 5.74) is 0.338. The average Bonchev–Trinajstić information content (AvgIpc) is 3.40. The van der Waals surface area contributed by atoms with E-state index in [-0.39, 0.29) is 17.4 Å². The van der Waals surface area contributed by atoms with Gasteiger partial charge in [0.1, 0.15) is 17.2 Å². The summed E-state index contributed by atoms with van der Waals surface area (Å²) in [6, 6.07) is 7.01. The maximum Gasteiger partial charge on any atom is 0.433 e. The van der Waals surface area contributed by atoms with Crippen LogP contribution in [0.1, 0.15) is 12.6 Å². The number of H-pyrrole nitrogens is 1. The first-order chi connectivity index (χ1) is 15.3. The fraction of sp³-hybridized carbons (Fsp3) is 0.100. The molecule has 5 heterocycles. The molecule has 12 heteroatoms. The highest BCUT2D eigenvalue weighted by molar-refractivity contribution is 5.99. The summed E-state index contributed by atoms with van der Waals surface area (Å²) < 4.78 is 41.1. The van der Waals surface area contributed by atoms with Gasteiger partial charge in [0.2, 0.25) is 5.91 Å². The zero-order valence-corrected chi connectivity index (χ0v) is 16.3. The largest absolute Gasteiger partial charge is 0.433 e. The van der Waals surface area contributed by atoms with Gasteiger partial charge in [-0.1, -0.05) is 6.07 Å². The lowest BCUT2D eigenvalue weighted by Crippen LogP contribution is -2.09. The van der Waals surface area contributed by atoms with Gasteiger partial charge < -0.3 is 10.3 Å². The molecule has 0 unspecified atom stereocenters. The van der Waals surface area contributed by atoms with Gasteiger partial charge in [0.25, 0.3) is 0 Å². The molecule has 0 saturated carbocycles. The predicted octanol–water partition coefficient (Wildman–Crippen LogP) is 3.73. The van der Waals surface area contributed by atoms with Crippen LogP contribution in [-0.4, -0.2) is 40.4 Å². The molecule has 5 aromatic heterocycles. The van der Waals surface area contributed by atoms with Gasteiger partial charge in [-0.25, -0.2) is 24.9 Å². The number of aromatic nitrogens is 7. The Balaban J connectivity index is 1.71. The summed E-state index contributed by atoms with van der Waals surface area (Å²) >= 11 is 0. The maximum absolute atomic E-state index is 13.1. The molecule has 160 valence electrons. The number of nitrogens with one attached hydrogen (secondary N) is 2. The highest BCUT2D eigenvalue weighted by Crippen LogP contribution is 2.31. The highest BCUT2D eigenvalue weighted by atomic mass is 19.4. The van der Waals surface area contributed by atoms with Crippen LogP contribution in [0.25, 0.3) is 39.4 Å². The lowest BCUT2D eigenvalue weighted by atomic mass is 10.2. The van der Waals surface area contributed by atoms with Gasteiger partial charge in [-0.05, 0) is 24.3 Å². The van der Waals surface area contributed by atoms with E-state index in [4.69, 9.17) is 0 Å². The highest BCUT2D eigenvalue weighted by Gasteiger charge is 2.32. The maximum atomic E-state index is 13.1. The molecule has 0 aliphatic heterocycles. The molecule has 0 saturated heterocycles. The molecule has 9 nitrogen and oxygen atoms in total. The quantitative estimate of drug-likeness (QED) is 0.444. The number of hydrogen-bond acceptors (Lipinski definition) is 6. The molecule has 0 radical (unpaired) electrons. The number of hydrogen-bond donors (Lipinski definition) is 2. The number of aromatic amines is 1. The van der Waals surface area contributed by atoms with Gasteiger partial charge >= 0.3 is 6.18 Å². The van der Waals surface area contributed by atoms with Crippen molar-refractivity contribution in [1.29, 1.82) is 0 Å². The molecular weight excluding hydrogens is 425 g/mol. The van der Waals surface area contributed by atoms with E-state index in [1.165, 1.54) is 31.6 Å². The van der Waals surface area contributed by atoms with Crippen LogP contribution < -0.4 is 5.32 Å². The number of alkyl halides is 3. The summed E-state index contributed by atoms with van der Waals surface area (Å²) in [4.78, 5) is 35.3. The van der Waals surface area contributed by atoms with Crippen molar-refractivity contribution in [3.63, 3.8) is 0 Å². The molecule has 1 amide bonds. The van der Waals surface area contributed by atoms with Crippen molar-refractivity contribution in [1.82, 2.24) is 34.5 Å². The second kappa shape index (κ2) is 7.11. The number of pyridine rings is 2. The number of fused-ring (bicyclic) bond motifs is 2. The van der Waals surface area contributed by atoms with E-state index in [0.29, 0.717) is 33.7 Å². The smallest absolute Gasteiger partial charge is 0.329 e.